The van der Waals surface area contributed by atoms with Gasteiger partial charge in [-0.1, -0.05) is 0 Å². The maximum atomic E-state index is 11.4. The number of fused-ring (bicyclic) bond motifs is 1. The van der Waals surface area contributed by atoms with Crippen LogP contribution in [0.3, 0.4) is 0 Å². The van der Waals surface area contributed by atoms with Gasteiger partial charge in [-0.05, 0) is 30.4 Å². The van der Waals surface area contributed by atoms with E-state index in [1.54, 1.807) is 18.2 Å². The summed E-state index contributed by atoms with van der Waals surface area (Å²) in [6.07, 6.45) is 0. The Kier molecular flexibility index (Phi) is 1.66. The highest BCUT2D eigenvalue weighted by atomic mass is 32.1. The normalized spacial score (nSPS) is 10.5. The summed E-state index contributed by atoms with van der Waals surface area (Å²) in [6, 6.07) is 5.06. The van der Waals surface area contributed by atoms with Crippen LogP contribution in [0.25, 0.3) is 10.9 Å². The minimum atomic E-state index is -0.217. The highest BCUT2D eigenvalue weighted by molar-refractivity contribution is 7.71. The minimum Gasteiger partial charge on any atom is -0.399 e. The van der Waals surface area contributed by atoms with E-state index in [0.29, 0.717) is 21.4 Å². The van der Waals surface area contributed by atoms with Crippen LogP contribution in [0.2, 0.25) is 0 Å². The third-order valence-electron chi connectivity index (χ3n) is 1.76. The van der Waals surface area contributed by atoms with Crippen LogP contribution in [-0.4, -0.2) is 9.97 Å². The average molecular weight is 193 g/mol. The van der Waals surface area contributed by atoms with Gasteiger partial charge in [0.2, 0.25) is 0 Å². The molecule has 66 valence electrons. The van der Waals surface area contributed by atoms with Gasteiger partial charge in [0.15, 0.2) is 4.77 Å². The first-order chi connectivity index (χ1) is 6.16. The van der Waals surface area contributed by atoms with Crippen molar-refractivity contribution in [2.24, 2.45) is 0 Å². The fourth-order valence-electron chi connectivity index (χ4n) is 1.18. The second-order valence-corrected chi connectivity index (χ2v) is 3.12. The molecule has 13 heavy (non-hydrogen) atoms. The average Bonchev–Trinajstić information content (AvgIpc) is 2.06. The summed E-state index contributed by atoms with van der Waals surface area (Å²) in [5.41, 5.74) is 6.58. The van der Waals surface area contributed by atoms with Gasteiger partial charge >= 0.3 is 0 Å². The summed E-state index contributed by atoms with van der Waals surface area (Å²) >= 11 is 4.82. The van der Waals surface area contributed by atoms with E-state index in [-0.39, 0.29) is 5.56 Å². The van der Waals surface area contributed by atoms with E-state index in [9.17, 15) is 4.79 Å². The van der Waals surface area contributed by atoms with Crippen LogP contribution in [0.1, 0.15) is 0 Å². The Morgan fingerprint density at radius 1 is 1.31 bits per heavy atom. The number of hydrogen-bond acceptors (Lipinski definition) is 3. The molecule has 0 saturated carbocycles. The number of nitrogens with one attached hydrogen (secondary N) is 2. The van der Waals surface area contributed by atoms with Crippen LogP contribution in [0.5, 0.6) is 0 Å². The molecule has 1 heterocycles. The molecule has 0 aliphatic heterocycles. The van der Waals surface area contributed by atoms with E-state index in [1.807, 2.05) is 0 Å². The van der Waals surface area contributed by atoms with Gasteiger partial charge in [0.25, 0.3) is 5.56 Å². The van der Waals surface area contributed by atoms with Crippen LogP contribution < -0.4 is 11.3 Å². The van der Waals surface area contributed by atoms with E-state index in [1.165, 1.54) is 0 Å². The van der Waals surface area contributed by atoms with Gasteiger partial charge in [0.05, 0.1) is 10.9 Å². The van der Waals surface area contributed by atoms with Gasteiger partial charge in [-0.15, -0.1) is 0 Å². The first kappa shape index (κ1) is 8.00. The highest BCUT2D eigenvalue weighted by Gasteiger charge is 1.98. The molecule has 1 aromatic heterocycles. The van der Waals surface area contributed by atoms with E-state index in [4.69, 9.17) is 18.0 Å². The van der Waals surface area contributed by atoms with Crippen LogP contribution in [0.15, 0.2) is 23.0 Å². The lowest BCUT2D eigenvalue weighted by atomic mass is 10.2. The van der Waals surface area contributed by atoms with Gasteiger partial charge in [0.1, 0.15) is 0 Å². The summed E-state index contributed by atoms with van der Waals surface area (Å²) in [5.74, 6) is 0. The van der Waals surface area contributed by atoms with Crippen molar-refractivity contribution < 1.29 is 0 Å². The van der Waals surface area contributed by atoms with Crippen molar-refractivity contribution in [3.05, 3.63) is 33.3 Å². The number of benzene rings is 1. The monoisotopic (exact) mass is 193 g/mol. The molecule has 2 rings (SSSR count). The zero-order valence-corrected chi connectivity index (χ0v) is 7.44. The van der Waals surface area contributed by atoms with Crippen molar-refractivity contribution in [3.8, 4) is 0 Å². The number of aromatic amines is 2. The summed E-state index contributed by atoms with van der Waals surface area (Å²) in [5, 5.41) is 0.522. The molecule has 4 nitrogen and oxygen atoms in total. The second kappa shape index (κ2) is 2.70. The van der Waals surface area contributed by atoms with Crippen molar-refractivity contribution in [1.29, 1.82) is 0 Å². The summed E-state index contributed by atoms with van der Waals surface area (Å²) < 4.78 is 0.322. The Morgan fingerprint density at radius 3 is 2.85 bits per heavy atom. The van der Waals surface area contributed by atoms with E-state index >= 15 is 0 Å². The zero-order valence-electron chi connectivity index (χ0n) is 6.63. The third-order valence-corrected chi connectivity index (χ3v) is 1.97. The van der Waals surface area contributed by atoms with Crippen LogP contribution in [-0.2, 0) is 0 Å². The number of H-pyrrole nitrogens is 2. The lowest BCUT2D eigenvalue weighted by molar-refractivity contribution is 1.14. The molecule has 0 atom stereocenters. The highest BCUT2D eigenvalue weighted by Crippen LogP contribution is 2.10. The predicted molar refractivity (Wildman–Crippen MR) is 54.2 cm³/mol. The third kappa shape index (κ3) is 1.33. The predicted octanol–water partition coefficient (Wildman–Crippen LogP) is 1.17. The Bertz CT molecular complexity index is 569. The number of nitrogen functional groups attached to an aromatic ring is 1. The molecule has 0 amide bonds. The Morgan fingerprint density at radius 2 is 2.08 bits per heavy atom. The first-order valence-corrected chi connectivity index (χ1v) is 4.09. The fraction of sp³-hybridized carbons (Fsp3) is 0. The van der Waals surface area contributed by atoms with Crippen LogP contribution in [0, 0.1) is 4.77 Å². The molecule has 0 fully saturated rings. The number of rotatable bonds is 0. The quantitative estimate of drug-likeness (QED) is 0.434. The maximum absolute atomic E-state index is 11.4. The van der Waals surface area contributed by atoms with Crippen molar-refractivity contribution in [1.82, 2.24) is 9.97 Å². The summed E-state index contributed by atoms with van der Waals surface area (Å²) in [6.45, 7) is 0. The standard InChI is InChI=1S/C8H7N3OS/c9-4-1-2-6-5(3-4)7(12)11-8(13)10-6/h1-3H,9H2,(H2,10,11,12,13). The molecular formula is C8H7N3OS. The van der Waals surface area contributed by atoms with Gasteiger partial charge in [-0.2, -0.15) is 0 Å². The summed E-state index contributed by atoms with van der Waals surface area (Å²) in [7, 11) is 0. The Hall–Kier alpha value is -1.62. The zero-order chi connectivity index (χ0) is 9.42. The second-order valence-electron chi connectivity index (χ2n) is 2.71. The maximum Gasteiger partial charge on any atom is 0.259 e. The van der Waals surface area contributed by atoms with E-state index < -0.39 is 0 Å². The van der Waals surface area contributed by atoms with Crippen molar-refractivity contribution in [2.45, 2.75) is 0 Å². The van der Waals surface area contributed by atoms with E-state index in [0.717, 1.165) is 0 Å². The lowest BCUT2D eigenvalue weighted by Gasteiger charge is -1.97. The van der Waals surface area contributed by atoms with Crippen molar-refractivity contribution in [2.75, 3.05) is 5.73 Å². The molecule has 0 unspecified atom stereocenters. The van der Waals surface area contributed by atoms with Gasteiger partial charge in [0, 0.05) is 5.69 Å². The van der Waals surface area contributed by atoms with Crippen LogP contribution >= 0.6 is 12.2 Å². The first-order valence-electron chi connectivity index (χ1n) is 3.68. The number of anilines is 1. The minimum absolute atomic E-state index is 0.217. The molecule has 0 aliphatic carbocycles. The number of aromatic nitrogens is 2. The molecule has 5 heteroatoms. The number of hydrogen-bond donors (Lipinski definition) is 3. The fourth-order valence-corrected chi connectivity index (χ4v) is 1.39. The molecule has 2 aromatic rings. The lowest BCUT2D eigenvalue weighted by Crippen LogP contribution is -2.07. The molecule has 0 saturated heterocycles. The topological polar surface area (TPSA) is 74.7 Å². The van der Waals surface area contributed by atoms with Gasteiger partial charge in [-0.25, -0.2) is 0 Å². The summed E-state index contributed by atoms with van der Waals surface area (Å²) in [4.78, 5) is 16.7. The SMILES string of the molecule is Nc1ccc2[nH]c(=S)[nH]c(=O)c2c1. The van der Waals surface area contributed by atoms with Crippen molar-refractivity contribution in [3.63, 3.8) is 0 Å². The van der Waals surface area contributed by atoms with Gasteiger partial charge < -0.3 is 10.7 Å². The Balaban J connectivity index is 3.04. The molecule has 0 bridgehead atoms. The largest absolute Gasteiger partial charge is 0.399 e. The molecule has 0 spiro atoms. The smallest absolute Gasteiger partial charge is 0.259 e. The molecule has 4 N–H and O–H groups in total. The molecule has 0 aliphatic rings. The van der Waals surface area contributed by atoms with Crippen molar-refractivity contribution >= 4 is 28.8 Å². The molecule has 0 radical (unpaired) electrons. The van der Waals surface area contributed by atoms with Gasteiger partial charge in [-0.3, -0.25) is 9.78 Å². The molecular weight excluding hydrogens is 186 g/mol. The molecule has 1 aromatic carbocycles. The number of nitrogens with two attached hydrogens (primary N) is 1. The van der Waals surface area contributed by atoms with E-state index in [2.05, 4.69) is 9.97 Å². The Labute approximate surface area is 78.4 Å². The van der Waals surface area contributed by atoms with Crippen LogP contribution in [0.4, 0.5) is 5.69 Å².